The molecule has 1 heterocycles. The fraction of sp³-hybridized carbons (Fsp3) is 0.579. The van der Waals surface area contributed by atoms with E-state index >= 15 is 0 Å². The van der Waals surface area contributed by atoms with Crippen LogP contribution in [0.1, 0.15) is 20.3 Å². The van der Waals surface area contributed by atoms with E-state index in [-0.39, 0.29) is 19.0 Å². The number of benzene rings is 1. The summed E-state index contributed by atoms with van der Waals surface area (Å²) in [5.74, 6) is -2.11. The van der Waals surface area contributed by atoms with Crippen LogP contribution in [0.15, 0.2) is 30.3 Å². The van der Waals surface area contributed by atoms with Crippen LogP contribution in [0.3, 0.4) is 0 Å². The van der Waals surface area contributed by atoms with Crippen LogP contribution in [0.25, 0.3) is 0 Å². The molecule has 1 aromatic rings. The van der Waals surface area contributed by atoms with Gasteiger partial charge in [-0.2, -0.15) is 13.2 Å². The number of carbonyl (C=O) groups is 2. The zero-order valence-electron chi connectivity index (χ0n) is 16.0. The Kier molecular flexibility index (Phi) is 7.82. The third-order valence-electron chi connectivity index (χ3n) is 4.41. The molecule has 1 saturated heterocycles. The van der Waals surface area contributed by atoms with Gasteiger partial charge in [0.1, 0.15) is 0 Å². The van der Waals surface area contributed by atoms with Crippen LogP contribution in [0.5, 0.6) is 0 Å². The first-order chi connectivity index (χ1) is 13.2. The molecule has 9 heteroatoms. The molecule has 1 unspecified atom stereocenters. The second kappa shape index (κ2) is 9.88. The number of nitrogens with zero attached hydrogens (tertiary/aromatic N) is 2. The molecule has 1 fully saturated rings. The Balaban J connectivity index is 2.09. The van der Waals surface area contributed by atoms with Gasteiger partial charge in [0.25, 0.3) is 0 Å². The van der Waals surface area contributed by atoms with E-state index in [1.165, 1.54) is 4.90 Å². The van der Waals surface area contributed by atoms with Crippen molar-refractivity contribution in [2.75, 3.05) is 37.6 Å². The first kappa shape index (κ1) is 22.2. The standard InChI is InChI=1S/C19H26F3N3O3/c1-14(2)8-10-25(15-6-4-3-5-7-15)16(26)13-24-11-9-23-12-17(24)28-18(27)19(20,21)22/h3-7,14,17,23H,8-13H2,1-2H3. The molecule has 1 N–H and O–H groups in total. The summed E-state index contributed by atoms with van der Waals surface area (Å²) in [5, 5.41) is 2.88. The van der Waals surface area contributed by atoms with Crippen LogP contribution in [-0.4, -0.2) is 61.9 Å². The van der Waals surface area contributed by atoms with Crippen molar-refractivity contribution in [3.05, 3.63) is 30.3 Å². The van der Waals surface area contributed by atoms with Crippen molar-refractivity contribution in [3.63, 3.8) is 0 Å². The molecule has 0 saturated carbocycles. The maximum Gasteiger partial charge on any atom is 0.490 e. The van der Waals surface area contributed by atoms with E-state index in [0.717, 1.165) is 12.1 Å². The number of amides is 1. The van der Waals surface area contributed by atoms with Gasteiger partial charge in [-0.3, -0.25) is 9.69 Å². The van der Waals surface area contributed by atoms with Crippen LogP contribution in [0.4, 0.5) is 18.9 Å². The van der Waals surface area contributed by atoms with Gasteiger partial charge in [-0.05, 0) is 24.5 Å². The van der Waals surface area contributed by atoms with Gasteiger partial charge in [-0.25, -0.2) is 4.79 Å². The molecule has 0 aromatic heterocycles. The molecule has 28 heavy (non-hydrogen) atoms. The average Bonchev–Trinajstić information content (AvgIpc) is 2.63. The highest BCUT2D eigenvalue weighted by molar-refractivity contribution is 5.94. The van der Waals surface area contributed by atoms with Gasteiger partial charge in [0.05, 0.1) is 6.54 Å². The number of alkyl halides is 3. The molecule has 0 spiro atoms. The first-order valence-corrected chi connectivity index (χ1v) is 9.26. The van der Waals surface area contributed by atoms with Gasteiger partial charge >= 0.3 is 12.1 Å². The lowest BCUT2D eigenvalue weighted by Gasteiger charge is -2.36. The number of halogens is 3. The topological polar surface area (TPSA) is 61.9 Å². The van der Waals surface area contributed by atoms with Crippen LogP contribution < -0.4 is 10.2 Å². The molecular formula is C19H26F3N3O3. The predicted octanol–water partition coefficient (Wildman–Crippen LogP) is 2.40. The van der Waals surface area contributed by atoms with E-state index in [9.17, 15) is 22.8 Å². The molecule has 1 aliphatic rings. The fourth-order valence-electron chi connectivity index (χ4n) is 2.86. The minimum atomic E-state index is -5.07. The van der Waals surface area contributed by atoms with Gasteiger partial charge < -0.3 is 15.0 Å². The largest absolute Gasteiger partial charge is 0.490 e. The summed E-state index contributed by atoms with van der Waals surface area (Å²) >= 11 is 0. The summed E-state index contributed by atoms with van der Waals surface area (Å²) < 4.78 is 42.2. The maximum absolute atomic E-state index is 13.0. The Morgan fingerprint density at radius 2 is 1.96 bits per heavy atom. The average molecular weight is 401 g/mol. The predicted molar refractivity (Wildman–Crippen MR) is 98.6 cm³/mol. The molecule has 0 bridgehead atoms. The second-order valence-electron chi connectivity index (χ2n) is 7.10. The summed E-state index contributed by atoms with van der Waals surface area (Å²) in [6.45, 7) is 5.29. The van der Waals surface area contributed by atoms with E-state index in [0.29, 0.717) is 25.6 Å². The number of nitrogens with one attached hydrogen (secondary N) is 1. The highest BCUT2D eigenvalue weighted by Gasteiger charge is 2.43. The van der Waals surface area contributed by atoms with E-state index in [4.69, 9.17) is 0 Å². The molecule has 1 aromatic carbocycles. The van der Waals surface area contributed by atoms with Gasteiger partial charge in [0.2, 0.25) is 5.91 Å². The van der Waals surface area contributed by atoms with Crippen molar-refractivity contribution in [2.24, 2.45) is 5.92 Å². The van der Waals surface area contributed by atoms with E-state index in [1.54, 1.807) is 4.90 Å². The Morgan fingerprint density at radius 3 is 2.57 bits per heavy atom. The molecule has 0 aliphatic carbocycles. The normalized spacial score (nSPS) is 18.1. The maximum atomic E-state index is 13.0. The van der Waals surface area contributed by atoms with Crippen molar-refractivity contribution in [1.29, 1.82) is 0 Å². The SMILES string of the molecule is CC(C)CCN(C(=O)CN1CCNCC1OC(=O)C(F)(F)F)c1ccccc1. The fourth-order valence-corrected chi connectivity index (χ4v) is 2.86. The quantitative estimate of drug-likeness (QED) is 0.711. The van der Waals surface area contributed by atoms with Crippen molar-refractivity contribution in [3.8, 4) is 0 Å². The molecular weight excluding hydrogens is 375 g/mol. The molecule has 1 amide bonds. The van der Waals surface area contributed by atoms with E-state index < -0.39 is 18.4 Å². The Labute approximate surface area is 162 Å². The number of ether oxygens (including phenoxy) is 1. The minimum absolute atomic E-state index is 0.0342. The van der Waals surface area contributed by atoms with Crippen LogP contribution in [0.2, 0.25) is 0 Å². The number of anilines is 1. The summed E-state index contributed by atoms with van der Waals surface area (Å²) in [7, 11) is 0. The Morgan fingerprint density at radius 1 is 1.29 bits per heavy atom. The first-order valence-electron chi connectivity index (χ1n) is 9.26. The van der Waals surface area contributed by atoms with Gasteiger partial charge in [-0.1, -0.05) is 32.0 Å². The lowest BCUT2D eigenvalue weighted by molar-refractivity contribution is -0.213. The molecule has 156 valence electrons. The third-order valence-corrected chi connectivity index (χ3v) is 4.41. The van der Waals surface area contributed by atoms with E-state index in [1.807, 2.05) is 30.3 Å². The Hall–Kier alpha value is -2.13. The van der Waals surface area contributed by atoms with Crippen LogP contribution in [-0.2, 0) is 14.3 Å². The molecule has 1 aliphatic heterocycles. The van der Waals surface area contributed by atoms with E-state index in [2.05, 4.69) is 23.9 Å². The van der Waals surface area contributed by atoms with Gasteiger partial charge in [0.15, 0.2) is 6.23 Å². The van der Waals surface area contributed by atoms with Gasteiger partial charge in [-0.15, -0.1) is 0 Å². The smallest absolute Gasteiger partial charge is 0.438 e. The third kappa shape index (κ3) is 6.49. The second-order valence-corrected chi connectivity index (χ2v) is 7.10. The summed E-state index contributed by atoms with van der Waals surface area (Å²) in [6.07, 6.45) is -5.43. The number of carbonyl (C=O) groups excluding carboxylic acids is 2. The zero-order valence-corrected chi connectivity index (χ0v) is 16.0. The number of hydrogen-bond acceptors (Lipinski definition) is 5. The molecule has 6 nitrogen and oxygen atoms in total. The molecule has 2 rings (SSSR count). The Bertz CT molecular complexity index is 653. The highest BCUT2D eigenvalue weighted by Crippen LogP contribution is 2.20. The lowest BCUT2D eigenvalue weighted by Crippen LogP contribution is -2.56. The summed E-state index contributed by atoms with van der Waals surface area (Å²) in [5.41, 5.74) is 0.729. The number of para-hydroxylation sites is 1. The molecule has 1 atom stereocenters. The monoisotopic (exact) mass is 401 g/mol. The number of esters is 1. The van der Waals surface area contributed by atoms with Crippen molar-refractivity contribution in [1.82, 2.24) is 10.2 Å². The molecule has 0 radical (unpaired) electrons. The highest BCUT2D eigenvalue weighted by atomic mass is 19.4. The summed E-state index contributed by atoms with van der Waals surface area (Å²) in [6, 6.07) is 9.12. The van der Waals surface area contributed by atoms with Crippen molar-refractivity contribution in [2.45, 2.75) is 32.7 Å². The van der Waals surface area contributed by atoms with Crippen LogP contribution in [0, 0.1) is 5.92 Å². The number of rotatable bonds is 7. The lowest BCUT2D eigenvalue weighted by atomic mass is 10.1. The van der Waals surface area contributed by atoms with Crippen molar-refractivity contribution >= 4 is 17.6 Å². The van der Waals surface area contributed by atoms with Crippen LogP contribution >= 0.6 is 0 Å². The van der Waals surface area contributed by atoms with Crippen molar-refractivity contribution < 1.29 is 27.5 Å². The van der Waals surface area contributed by atoms with Gasteiger partial charge in [0, 0.05) is 31.9 Å². The zero-order chi connectivity index (χ0) is 20.7. The number of piperazine rings is 1. The summed E-state index contributed by atoms with van der Waals surface area (Å²) in [4.78, 5) is 27.2. The number of hydrogen-bond donors (Lipinski definition) is 1. The minimum Gasteiger partial charge on any atom is -0.438 e.